The van der Waals surface area contributed by atoms with Crippen LogP contribution in [0.5, 0.6) is 5.75 Å². The molecular formula is C27H27FN6O3. The van der Waals surface area contributed by atoms with E-state index in [1.165, 1.54) is 25.6 Å². The number of halogens is 1. The minimum atomic E-state index is -0.767. The molecule has 9 nitrogen and oxygen atoms in total. The topological polar surface area (TPSA) is 136 Å². The number of ether oxygens (including phenoxy) is 1. The van der Waals surface area contributed by atoms with E-state index in [-0.39, 0.29) is 17.9 Å². The summed E-state index contributed by atoms with van der Waals surface area (Å²) in [5, 5.41) is 3.45. The van der Waals surface area contributed by atoms with Crippen molar-refractivity contribution in [2.75, 3.05) is 30.9 Å². The summed E-state index contributed by atoms with van der Waals surface area (Å²) in [6.45, 7) is 2.14. The van der Waals surface area contributed by atoms with Gasteiger partial charge in [-0.1, -0.05) is 18.2 Å². The van der Waals surface area contributed by atoms with Crippen LogP contribution in [-0.2, 0) is 5.54 Å². The van der Waals surface area contributed by atoms with E-state index in [2.05, 4.69) is 15.3 Å². The summed E-state index contributed by atoms with van der Waals surface area (Å²) >= 11 is 0. The minimum Gasteiger partial charge on any atom is -0.494 e. The molecule has 1 unspecified atom stereocenters. The zero-order valence-corrected chi connectivity index (χ0v) is 20.7. The van der Waals surface area contributed by atoms with Crippen molar-refractivity contribution in [3.63, 3.8) is 0 Å². The van der Waals surface area contributed by atoms with Gasteiger partial charge in [-0.25, -0.2) is 14.4 Å². The maximum absolute atomic E-state index is 14.1. The third kappa shape index (κ3) is 4.78. The highest BCUT2D eigenvalue weighted by atomic mass is 19.1. The fraction of sp³-hybridized carbons (Fsp3) is 0.185. The molecule has 0 aliphatic carbocycles. The smallest absolute Gasteiger partial charge is 0.255 e. The normalized spacial score (nSPS) is 12.6. The number of benzene rings is 3. The van der Waals surface area contributed by atoms with Crippen molar-refractivity contribution in [3.8, 4) is 5.75 Å². The lowest BCUT2D eigenvalue weighted by Crippen LogP contribution is -2.47. The Hall–Kier alpha value is -4.57. The molecule has 0 fully saturated rings. The number of nitrogens with two attached hydrogens (primary N) is 2. The Morgan fingerprint density at radius 1 is 1.11 bits per heavy atom. The molecule has 0 bridgehead atoms. The predicted octanol–water partition coefficient (Wildman–Crippen LogP) is 3.44. The third-order valence-corrected chi connectivity index (χ3v) is 6.52. The van der Waals surface area contributed by atoms with Crippen molar-refractivity contribution >= 4 is 34.2 Å². The van der Waals surface area contributed by atoms with E-state index in [1.54, 1.807) is 30.3 Å². The van der Waals surface area contributed by atoms with Crippen molar-refractivity contribution in [2.24, 2.45) is 11.5 Å². The van der Waals surface area contributed by atoms with Crippen molar-refractivity contribution in [2.45, 2.75) is 12.5 Å². The molecule has 3 aromatic carbocycles. The molecule has 0 aliphatic rings. The molecule has 0 spiro atoms. The van der Waals surface area contributed by atoms with Crippen LogP contribution in [0.2, 0.25) is 0 Å². The Kier molecular flexibility index (Phi) is 7.03. The van der Waals surface area contributed by atoms with Gasteiger partial charge >= 0.3 is 0 Å². The van der Waals surface area contributed by atoms with Crippen LogP contribution in [0, 0.1) is 5.82 Å². The second-order valence-electron chi connectivity index (χ2n) is 8.68. The second-order valence-corrected chi connectivity index (χ2v) is 8.68. The van der Waals surface area contributed by atoms with Crippen LogP contribution in [0.1, 0.15) is 33.2 Å². The van der Waals surface area contributed by atoms with Crippen LogP contribution in [0.3, 0.4) is 0 Å². The van der Waals surface area contributed by atoms with Crippen molar-refractivity contribution < 1.29 is 18.7 Å². The molecule has 0 saturated heterocycles. The van der Waals surface area contributed by atoms with E-state index in [9.17, 15) is 14.0 Å². The number of hydrogen-bond acceptors (Lipinski definition) is 7. The molecule has 1 atom stereocenters. The van der Waals surface area contributed by atoms with Gasteiger partial charge in [0.1, 0.15) is 12.1 Å². The monoisotopic (exact) mass is 502 g/mol. The summed E-state index contributed by atoms with van der Waals surface area (Å²) in [6.07, 6.45) is 1.38. The van der Waals surface area contributed by atoms with E-state index >= 15 is 0 Å². The Morgan fingerprint density at radius 2 is 1.86 bits per heavy atom. The number of anilines is 2. The molecule has 0 radical (unpaired) electrons. The van der Waals surface area contributed by atoms with Crippen LogP contribution in [0.4, 0.5) is 15.9 Å². The molecule has 0 aliphatic heterocycles. The first-order valence-electron chi connectivity index (χ1n) is 11.4. The standard InChI is InChI=1S/C27H27FN6O3/c1-27(14-29,34(2)25-20-9-5-8-19(24(30)35)23(20)31-15-32-25)17-6-4-7-18(13-17)33-26(36)16-10-11-22(37-3)21(28)12-16/h4-13,15H,14,29H2,1-3H3,(H2,30,35)(H,33,36). The number of carbonyl (C=O) groups excluding carboxylic acids is 2. The molecule has 4 rings (SSSR count). The van der Waals surface area contributed by atoms with Gasteiger partial charge in [0.05, 0.1) is 23.7 Å². The number of likely N-dealkylation sites (N-methyl/N-ethyl adjacent to an activating group) is 1. The zero-order valence-electron chi connectivity index (χ0n) is 20.7. The number of amides is 2. The van der Waals surface area contributed by atoms with Gasteiger partial charge in [-0.05, 0) is 55.0 Å². The molecule has 1 aromatic heterocycles. The Morgan fingerprint density at radius 3 is 2.54 bits per heavy atom. The molecule has 37 heavy (non-hydrogen) atoms. The fourth-order valence-electron chi connectivity index (χ4n) is 4.16. The highest BCUT2D eigenvalue weighted by Gasteiger charge is 2.32. The molecule has 10 heteroatoms. The first kappa shape index (κ1) is 25.5. The Balaban J connectivity index is 1.68. The van der Waals surface area contributed by atoms with Crippen LogP contribution in [0.25, 0.3) is 10.9 Å². The van der Waals surface area contributed by atoms with E-state index in [0.717, 1.165) is 11.6 Å². The third-order valence-electron chi connectivity index (χ3n) is 6.52. The largest absolute Gasteiger partial charge is 0.494 e. The summed E-state index contributed by atoms with van der Waals surface area (Å²) in [5.41, 5.74) is 13.3. The lowest BCUT2D eigenvalue weighted by molar-refractivity contribution is 0.0998. The summed E-state index contributed by atoms with van der Waals surface area (Å²) in [4.78, 5) is 35.3. The maximum atomic E-state index is 14.1. The van der Waals surface area contributed by atoms with Gasteiger partial charge in [-0.3, -0.25) is 9.59 Å². The fourth-order valence-corrected chi connectivity index (χ4v) is 4.16. The van der Waals surface area contributed by atoms with Crippen molar-refractivity contribution in [1.29, 1.82) is 0 Å². The molecule has 4 aromatic rings. The predicted molar refractivity (Wildman–Crippen MR) is 140 cm³/mol. The average Bonchev–Trinajstić information content (AvgIpc) is 2.91. The lowest BCUT2D eigenvalue weighted by Gasteiger charge is -2.40. The summed E-state index contributed by atoms with van der Waals surface area (Å²) in [5.74, 6) is -1.07. The number of carbonyl (C=O) groups is 2. The van der Waals surface area contributed by atoms with Gasteiger partial charge in [-0.15, -0.1) is 0 Å². The van der Waals surface area contributed by atoms with E-state index in [4.69, 9.17) is 16.2 Å². The number of methoxy groups -OCH3 is 1. The molecular weight excluding hydrogens is 475 g/mol. The molecule has 0 saturated carbocycles. The van der Waals surface area contributed by atoms with Gasteiger partial charge in [0.2, 0.25) is 0 Å². The zero-order chi connectivity index (χ0) is 26.7. The van der Waals surface area contributed by atoms with Gasteiger partial charge in [0, 0.05) is 30.2 Å². The maximum Gasteiger partial charge on any atom is 0.255 e. The number of rotatable bonds is 8. The SMILES string of the molecule is COc1ccc(C(=O)Nc2cccc(C(C)(CN)N(C)c3ncnc4c(C(N)=O)cccc34)c2)cc1F. The second kappa shape index (κ2) is 10.2. The summed E-state index contributed by atoms with van der Waals surface area (Å²) < 4.78 is 19.0. The number of nitrogens with one attached hydrogen (secondary N) is 1. The number of aromatic nitrogens is 2. The van der Waals surface area contributed by atoms with Crippen LogP contribution < -0.4 is 26.4 Å². The molecule has 1 heterocycles. The molecule has 2 amide bonds. The number of fused-ring (bicyclic) bond motifs is 1. The van der Waals surface area contributed by atoms with Gasteiger partial charge in [0.25, 0.3) is 11.8 Å². The van der Waals surface area contributed by atoms with Gasteiger partial charge in [-0.2, -0.15) is 0 Å². The number of hydrogen-bond donors (Lipinski definition) is 3. The minimum absolute atomic E-state index is 0.0560. The van der Waals surface area contributed by atoms with Crippen molar-refractivity contribution in [3.05, 3.63) is 89.5 Å². The average molecular weight is 503 g/mol. The Labute approximate surface area is 213 Å². The van der Waals surface area contributed by atoms with Gasteiger partial charge in [0.15, 0.2) is 11.6 Å². The quantitative estimate of drug-likeness (QED) is 0.336. The first-order valence-corrected chi connectivity index (χ1v) is 11.4. The van der Waals surface area contributed by atoms with Gasteiger partial charge < -0.3 is 26.4 Å². The lowest BCUT2D eigenvalue weighted by atomic mass is 9.89. The summed E-state index contributed by atoms with van der Waals surface area (Å²) in [7, 11) is 3.20. The van der Waals surface area contributed by atoms with Crippen molar-refractivity contribution in [1.82, 2.24) is 9.97 Å². The van der Waals surface area contributed by atoms with Crippen LogP contribution in [-0.4, -0.2) is 42.5 Å². The number of para-hydroxylation sites is 1. The van der Waals surface area contributed by atoms with E-state index in [0.29, 0.717) is 28.0 Å². The highest BCUT2D eigenvalue weighted by molar-refractivity contribution is 6.07. The number of primary amides is 1. The van der Waals surface area contributed by atoms with Crippen LogP contribution >= 0.6 is 0 Å². The van der Waals surface area contributed by atoms with E-state index < -0.39 is 23.2 Å². The molecule has 190 valence electrons. The number of nitrogens with zero attached hydrogens (tertiary/aromatic N) is 3. The first-order chi connectivity index (χ1) is 17.7. The Bertz CT molecular complexity index is 1490. The summed E-state index contributed by atoms with van der Waals surface area (Å²) in [6, 6.07) is 16.4. The molecule has 5 N–H and O–H groups in total. The van der Waals surface area contributed by atoms with Crippen LogP contribution in [0.15, 0.2) is 67.0 Å². The highest BCUT2D eigenvalue weighted by Crippen LogP contribution is 2.35. The van der Waals surface area contributed by atoms with E-state index in [1.807, 2.05) is 31.0 Å².